The van der Waals surface area contributed by atoms with Crippen LogP contribution in [0.25, 0.3) is 0 Å². The van der Waals surface area contributed by atoms with Crippen LogP contribution in [0.1, 0.15) is 23.1 Å². The van der Waals surface area contributed by atoms with Gasteiger partial charge < -0.3 is 10.5 Å². The lowest BCUT2D eigenvalue weighted by molar-refractivity contribution is -0.137. The average molecular weight is 322 g/mol. The van der Waals surface area contributed by atoms with Crippen molar-refractivity contribution in [1.82, 2.24) is 0 Å². The summed E-state index contributed by atoms with van der Waals surface area (Å²) in [5, 5.41) is 0. The number of carbonyl (C=O) groups is 1. The van der Waals surface area contributed by atoms with Gasteiger partial charge in [0, 0.05) is 0 Å². The monoisotopic (exact) mass is 322 g/mol. The highest BCUT2D eigenvalue weighted by atomic mass is 19.4. The molecule has 0 unspecified atom stereocenters. The summed E-state index contributed by atoms with van der Waals surface area (Å²) in [6, 6.07) is 11.9. The Morgan fingerprint density at radius 2 is 1.65 bits per heavy atom. The van der Waals surface area contributed by atoms with Crippen molar-refractivity contribution in [2.45, 2.75) is 19.0 Å². The Bertz CT molecular complexity index is 649. The highest BCUT2D eigenvalue weighted by Crippen LogP contribution is 2.29. The van der Waals surface area contributed by atoms with Crippen molar-refractivity contribution in [2.24, 2.45) is 5.73 Å². The number of hydrogen-bond acceptors (Lipinski definition) is 2. The molecule has 0 aliphatic rings. The zero-order valence-electron chi connectivity index (χ0n) is 12.1. The van der Waals surface area contributed by atoms with Gasteiger partial charge in [-0.2, -0.15) is 13.2 Å². The molecule has 0 saturated carbocycles. The van der Waals surface area contributed by atoms with E-state index in [0.29, 0.717) is 12.2 Å². The van der Waals surface area contributed by atoms with Crippen molar-refractivity contribution < 1.29 is 22.7 Å². The van der Waals surface area contributed by atoms with E-state index < -0.39 is 17.8 Å². The minimum Gasteiger partial charge on any atom is -0.411 e. The molecule has 0 aromatic heterocycles. The predicted octanol–water partition coefficient (Wildman–Crippen LogP) is 4.35. The van der Waals surface area contributed by atoms with Crippen molar-refractivity contribution >= 4 is 6.09 Å². The number of halogens is 3. The lowest BCUT2D eigenvalue weighted by atomic mass is 10.0. The van der Waals surface area contributed by atoms with Crippen LogP contribution in [0.2, 0.25) is 0 Å². The number of nitrogens with two attached hydrogens (primary N) is 1. The van der Waals surface area contributed by atoms with Gasteiger partial charge in [-0.1, -0.05) is 24.3 Å². The molecule has 3 nitrogen and oxygen atoms in total. The van der Waals surface area contributed by atoms with E-state index in [4.69, 9.17) is 10.5 Å². The number of aryl methyl sites for hydroxylation is 1. The normalized spacial score (nSPS) is 11.3. The molecule has 0 saturated heterocycles. The fourth-order valence-electron chi connectivity index (χ4n) is 2.05. The molecule has 1 amide bonds. The molecule has 0 heterocycles. The maximum Gasteiger partial charge on any atom is 0.416 e. The number of ether oxygens (including phenoxy) is 1. The number of alkyl halides is 3. The topological polar surface area (TPSA) is 52.3 Å². The summed E-state index contributed by atoms with van der Waals surface area (Å²) < 4.78 is 42.1. The van der Waals surface area contributed by atoms with Gasteiger partial charge in [-0.3, -0.25) is 0 Å². The number of primary amides is 1. The molecule has 2 aromatic carbocycles. The van der Waals surface area contributed by atoms with Gasteiger partial charge in [0.1, 0.15) is 5.75 Å². The fourth-order valence-corrected chi connectivity index (χ4v) is 2.05. The Morgan fingerprint density at radius 1 is 1.04 bits per heavy atom. The molecule has 0 aliphatic carbocycles. The van der Waals surface area contributed by atoms with Gasteiger partial charge in [0.15, 0.2) is 0 Å². The highest BCUT2D eigenvalue weighted by Gasteiger charge is 2.29. The lowest BCUT2D eigenvalue weighted by Gasteiger charge is -2.07. The maximum absolute atomic E-state index is 12.5. The van der Waals surface area contributed by atoms with E-state index in [0.717, 1.165) is 29.7 Å². The second-order valence-corrected chi connectivity index (χ2v) is 4.93. The molecule has 0 spiro atoms. The van der Waals surface area contributed by atoms with Crippen molar-refractivity contribution in [1.29, 1.82) is 0 Å². The van der Waals surface area contributed by atoms with E-state index in [1.54, 1.807) is 24.3 Å². The van der Waals surface area contributed by atoms with E-state index in [2.05, 4.69) is 0 Å². The Kier molecular flexibility index (Phi) is 5.26. The van der Waals surface area contributed by atoms with Crippen LogP contribution in [0.3, 0.4) is 0 Å². The SMILES string of the molecule is NC(=O)Oc1ccc(CC[CH]c2ccc(C(F)(F)F)cc2)cc1. The molecule has 1 radical (unpaired) electrons. The first kappa shape index (κ1) is 16.9. The van der Waals surface area contributed by atoms with E-state index >= 15 is 0 Å². The summed E-state index contributed by atoms with van der Waals surface area (Å²) in [6.45, 7) is 0. The largest absolute Gasteiger partial charge is 0.416 e. The van der Waals surface area contributed by atoms with Gasteiger partial charge in [-0.25, -0.2) is 4.79 Å². The second-order valence-electron chi connectivity index (χ2n) is 4.93. The van der Waals surface area contributed by atoms with Crippen LogP contribution in [0.5, 0.6) is 5.75 Å². The third-order valence-corrected chi connectivity index (χ3v) is 3.19. The maximum atomic E-state index is 12.5. The minimum absolute atomic E-state index is 0.368. The third kappa shape index (κ3) is 5.32. The summed E-state index contributed by atoms with van der Waals surface area (Å²) in [5.41, 5.74) is 6.02. The number of carbonyl (C=O) groups excluding carboxylic acids is 1. The molecule has 0 bridgehead atoms. The molecule has 121 valence electrons. The molecular formula is C17H15F3NO2. The molecule has 2 N–H and O–H groups in total. The summed E-state index contributed by atoms with van der Waals surface area (Å²) >= 11 is 0. The highest BCUT2D eigenvalue weighted by molar-refractivity contribution is 5.68. The first-order valence-electron chi connectivity index (χ1n) is 6.91. The number of rotatable bonds is 5. The van der Waals surface area contributed by atoms with Gasteiger partial charge in [0.2, 0.25) is 0 Å². The van der Waals surface area contributed by atoms with Gasteiger partial charge >= 0.3 is 12.3 Å². The molecule has 2 rings (SSSR count). The van der Waals surface area contributed by atoms with Gasteiger partial charge in [0.05, 0.1) is 5.56 Å². The van der Waals surface area contributed by atoms with Crippen LogP contribution < -0.4 is 10.5 Å². The summed E-state index contributed by atoms with van der Waals surface area (Å²) in [4.78, 5) is 10.6. The van der Waals surface area contributed by atoms with Crippen molar-refractivity contribution in [3.63, 3.8) is 0 Å². The lowest BCUT2D eigenvalue weighted by Crippen LogP contribution is -2.16. The number of benzene rings is 2. The Hall–Kier alpha value is -2.50. The van der Waals surface area contributed by atoms with Gasteiger partial charge in [0.25, 0.3) is 0 Å². The van der Waals surface area contributed by atoms with Crippen LogP contribution in [0.15, 0.2) is 48.5 Å². The molecular weight excluding hydrogens is 307 g/mol. The van der Waals surface area contributed by atoms with Crippen LogP contribution in [-0.2, 0) is 12.6 Å². The summed E-state index contributed by atoms with van der Waals surface area (Å²) in [6.07, 6.45) is -1.91. The van der Waals surface area contributed by atoms with Crippen LogP contribution in [0.4, 0.5) is 18.0 Å². The smallest absolute Gasteiger partial charge is 0.411 e. The predicted molar refractivity (Wildman–Crippen MR) is 79.8 cm³/mol. The van der Waals surface area contributed by atoms with Crippen LogP contribution >= 0.6 is 0 Å². The zero-order valence-corrected chi connectivity index (χ0v) is 12.1. The van der Waals surface area contributed by atoms with Crippen molar-refractivity contribution in [3.05, 3.63) is 71.6 Å². The Labute approximate surface area is 131 Å². The van der Waals surface area contributed by atoms with Gasteiger partial charge in [-0.05, 0) is 54.7 Å². The van der Waals surface area contributed by atoms with Crippen LogP contribution in [-0.4, -0.2) is 6.09 Å². The number of amides is 1. The molecule has 0 atom stereocenters. The minimum atomic E-state index is -4.31. The molecule has 0 aliphatic heterocycles. The second kappa shape index (κ2) is 7.17. The molecule has 6 heteroatoms. The van der Waals surface area contributed by atoms with E-state index in [1.165, 1.54) is 12.1 Å². The summed E-state index contributed by atoms with van der Waals surface area (Å²) in [5.74, 6) is 0.368. The zero-order chi connectivity index (χ0) is 16.9. The Balaban J connectivity index is 1.84. The Morgan fingerprint density at radius 3 is 2.17 bits per heavy atom. The van der Waals surface area contributed by atoms with E-state index in [9.17, 15) is 18.0 Å². The third-order valence-electron chi connectivity index (χ3n) is 3.19. The van der Waals surface area contributed by atoms with Crippen molar-refractivity contribution in [3.8, 4) is 5.75 Å². The van der Waals surface area contributed by atoms with E-state index in [1.807, 2.05) is 6.42 Å². The number of hydrogen-bond donors (Lipinski definition) is 1. The average Bonchev–Trinajstić information content (AvgIpc) is 2.48. The molecule has 23 heavy (non-hydrogen) atoms. The van der Waals surface area contributed by atoms with E-state index in [-0.39, 0.29) is 0 Å². The summed E-state index contributed by atoms with van der Waals surface area (Å²) in [7, 11) is 0. The quantitative estimate of drug-likeness (QED) is 0.890. The fraction of sp³-hybridized carbons (Fsp3) is 0.176. The molecule has 0 fully saturated rings. The first-order chi connectivity index (χ1) is 10.8. The first-order valence-corrected chi connectivity index (χ1v) is 6.91. The molecule has 2 aromatic rings. The van der Waals surface area contributed by atoms with Gasteiger partial charge in [-0.15, -0.1) is 0 Å². The van der Waals surface area contributed by atoms with Crippen LogP contribution in [0, 0.1) is 6.42 Å². The van der Waals surface area contributed by atoms with Crippen molar-refractivity contribution in [2.75, 3.05) is 0 Å². The standard InChI is InChI=1S/C17H15F3NO2/c18-17(19,20)14-8-4-12(5-9-14)2-1-3-13-6-10-15(11-7-13)23-16(21)22/h2,4-11H,1,3H2,(H2,21,22).